The van der Waals surface area contributed by atoms with Gasteiger partial charge in [0.05, 0.1) is 6.54 Å². The molecule has 0 aliphatic heterocycles. The molecule has 0 radical (unpaired) electrons. The minimum atomic E-state index is -0.134. The van der Waals surface area contributed by atoms with E-state index < -0.39 is 0 Å². The van der Waals surface area contributed by atoms with Gasteiger partial charge in [0, 0.05) is 21.1 Å². The summed E-state index contributed by atoms with van der Waals surface area (Å²) in [5.41, 5.74) is 0. The maximum absolute atomic E-state index is 11.2. The summed E-state index contributed by atoms with van der Waals surface area (Å²) in [7, 11) is 4.93. The molecule has 0 spiro atoms. The number of carbonyl (C=O) groups excluding carboxylic acids is 1. The zero-order chi connectivity index (χ0) is 12.1. The average Bonchev–Trinajstić information content (AvgIpc) is 2.27. The highest BCUT2D eigenvalue weighted by atomic mass is 35.5. The number of carbonyl (C=O) groups is 1. The van der Waals surface area contributed by atoms with Gasteiger partial charge >= 0.3 is 0 Å². The lowest BCUT2D eigenvalue weighted by molar-refractivity contribution is -0.119. The highest BCUT2D eigenvalue weighted by molar-refractivity contribution is 6.28. The van der Waals surface area contributed by atoms with Gasteiger partial charge in [-0.05, 0) is 11.6 Å². The summed E-state index contributed by atoms with van der Waals surface area (Å²) in [5.74, 6) is 0.566. The Morgan fingerprint density at radius 1 is 1.38 bits per heavy atom. The molecular formula is C8H13ClN6O. The van der Waals surface area contributed by atoms with E-state index in [0.717, 1.165) is 0 Å². The summed E-state index contributed by atoms with van der Waals surface area (Å²) in [6, 6.07) is 0. The lowest BCUT2D eigenvalue weighted by Gasteiger charge is -2.16. The fourth-order valence-electron chi connectivity index (χ4n) is 0.987. The maximum Gasteiger partial charge on any atom is 0.239 e. The fourth-order valence-corrected chi connectivity index (χ4v) is 1.14. The van der Waals surface area contributed by atoms with E-state index in [1.165, 1.54) is 0 Å². The third-order valence-electron chi connectivity index (χ3n) is 1.82. The maximum atomic E-state index is 11.2. The van der Waals surface area contributed by atoms with Crippen LogP contribution in [0.3, 0.4) is 0 Å². The van der Waals surface area contributed by atoms with Crippen molar-refractivity contribution in [2.45, 2.75) is 0 Å². The van der Waals surface area contributed by atoms with Gasteiger partial charge in [0.1, 0.15) is 0 Å². The summed E-state index contributed by atoms with van der Waals surface area (Å²) in [6.07, 6.45) is 0. The number of hydrogen-bond donors (Lipinski definition) is 2. The Morgan fingerprint density at radius 2 is 2.06 bits per heavy atom. The Hall–Kier alpha value is -1.63. The van der Waals surface area contributed by atoms with Crippen molar-refractivity contribution in [2.75, 3.05) is 37.9 Å². The molecule has 1 rings (SSSR count). The van der Waals surface area contributed by atoms with Crippen molar-refractivity contribution in [3.63, 3.8) is 0 Å². The van der Waals surface area contributed by atoms with Crippen molar-refractivity contribution in [3.05, 3.63) is 5.28 Å². The van der Waals surface area contributed by atoms with Crippen LogP contribution in [0, 0.1) is 0 Å². The third-order valence-corrected chi connectivity index (χ3v) is 1.99. The number of aromatic nitrogens is 3. The van der Waals surface area contributed by atoms with Crippen LogP contribution in [0.2, 0.25) is 5.28 Å². The first-order chi connectivity index (χ1) is 7.56. The van der Waals surface area contributed by atoms with E-state index in [2.05, 4.69) is 25.6 Å². The Labute approximate surface area is 98.2 Å². The van der Waals surface area contributed by atoms with Crippen LogP contribution in [-0.2, 0) is 4.79 Å². The van der Waals surface area contributed by atoms with Crippen molar-refractivity contribution in [2.24, 2.45) is 0 Å². The molecule has 0 saturated carbocycles. The number of hydrogen-bond acceptors (Lipinski definition) is 6. The Kier molecular flexibility index (Phi) is 4.24. The fraction of sp³-hybridized carbons (Fsp3) is 0.500. The zero-order valence-electron chi connectivity index (χ0n) is 9.28. The second-order valence-electron chi connectivity index (χ2n) is 3.01. The van der Waals surface area contributed by atoms with E-state index in [4.69, 9.17) is 11.6 Å². The minimum Gasteiger partial charge on any atom is -0.358 e. The van der Waals surface area contributed by atoms with Crippen molar-refractivity contribution >= 4 is 29.4 Å². The molecule has 1 amide bonds. The monoisotopic (exact) mass is 244 g/mol. The van der Waals surface area contributed by atoms with Gasteiger partial charge in [-0.15, -0.1) is 0 Å². The van der Waals surface area contributed by atoms with Gasteiger partial charge in [0.25, 0.3) is 0 Å². The molecule has 0 unspecified atom stereocenters. The van der Waals surface area contributed by atoms with E-state index in [1.807, 2.05) is 0 Å². The topological polar surface area (TPSA) is 83.0 Å². The minimum absolute atomic E-state index is 0.0816. The van der Waals surface area contributed by atoms with Gasteiger partial charge in [0.2, 0.25) is 23.1 Å². The van der Waals surface area contributed by atoms with Crippen LogP contribution in [0.4, 0.5) is 11.9 Å². The molecular weight excluding hydrogens is 232 g/mol. The second-order valence-corrected chi connectivity index (χ2v) is 3.35. The van der Waals surface area contributed by atoms with Gasteiger partial charge in [-0.2, -0.15) is 15.0 Å². The molecule has 0 fully saturated rings. The lowest BCUT2D eigenvalue weighted by Crippen LogP contribution is -2.34. The number of anilines is 2. The molecule has 7 nitrogen and oxygen atoms in total. The summed E-state index contributed by atoms with van der Waals surface area (Å²) in [6.45, 7) is 0.153. The summed E-state index contributed by atoms with van der Waals surface area (Å²) < 4.78 is 0. The smallest absolute Gasteiger partial charge is 0.239 e. The number of halogens is 1. The zero-order valence-corrected chi connectivity index (χ0v) is 10.0. The summed E-state index contributed by atoms with van der Waals surface area (Å²) >= 11 is 5.71. The van der Waals surface area contributed by atoms with Gasteiger partial charge < -0.3 is 15.5 Å². The largest absolute Gasteiger partial charge is 0.358 e. The molecule has 0 aromatic carbocycles. The van der Waals surface area contributed by atoms with Crippen LogP contribution < -0.4 is 15.5 Å². The number of likely N-dealkylation sites (N-methyl/N-ethyl adjacent to an activating group) is 2. The standard InChI is InChI=1S/C8H13ClN6O/c1-10-5(16)4-15(3)8-13-6(9)12-7(11-2)14-8/h4H2,1-3H3,(H,10,16)(H,11,12,13,14). The molecule has 0 aliphatic carbocycles. The number of nitrogens with one attached hydrogen (secondary N) is 2. The van der Waals surface area contributed by atoms with Crippen LogP contribution in [0.1, 0.15) is 0 Å². The van der Waals surface area contributed by atoms with Crippen LogP contribution in [0.5, 0.6) is 0 Å². The van der Waals surface area contributed by atoms with Gasteiger partial charge in [-0.3, -0.25) is 4.79 Å². The lowest BCUT2D eigenvalue weighted by atomic mass is 10.5. The average molecular weight is 245 g/mol. The molecule has 0 aliphatic rings. The first-order valence-electron chi connectivity index (χ1n) is 4.58. The van der Waals surface area contributed by atoms with Gasteiger partial charge in [-0.25, -0.2) is 0 Å². The van der Waals surface area contributed by atoms with Gasteiger partial charge in [-0.1, -0.05) is 0 Å². The van der Waals surface area contributed by atoms with Crippen LogP contribution >= 0.6 is 11.6 Å². The highest BCUT2D eigenvalue weighted by Gasteiger charge is 2.11. The molecule has 1 aromatic heterocycles. The molecule has 0 bridgehead atoms. The van der Waals surface area contributed by atoms with Gasteiger partial charge in [0.15, 0.2) is 0 Å². The Morgan fingerprint density at radius 3 is 2.62 bits per heavy atom. The second kappa shape index (κ2) is 5.45. The molecule has 2 N–H and O–H groups in total. The Bertz CT molecular complexity index is 385. The highest BCUT2D eigenvalue weighted by Crippen LogP contribution is 2.11. The predicted octanol–water partition coefficient (Wildman–Crippen LogP) is -0.251. The molecule has 16 heavy (non-hydrogen) atoms. The first-order valence-corrected chi connectivity index (χ1v) is 4.95. The van der Waals surface area contributed by atoms with Crippen LogP contribution in [-0.4, -0.2) is 48.5 Å². The normalized spacial score (nSPS) is 9.75. The number of nitrogens with zero attached hydrogens (tertiary/aromatic N) is 4. The molecule has 0 saturated heterocycles. The van der Waals surface area contributed by atoms with E-state index in [-0.39, 0.29) is 17.7 Å². The molecule has 1 aromatic rings. The SMILES string of the molecule is CNC(=O)CN(C)c1nc(Cl)nc(NC)n1. The summed E-state index contributed by atoms with van der Waals surface area (Å²) in [4.78, 5) is 24.6. The molecule has 88 valence electrons. The summed E-state index contributed by atoms with van der Waals surface area (Å²) in [5, 5.41) is 5.35. The van der Waals surface area contributed by atoms with Crippen LogP contribution in [0.15, 0.2) is 0 Å². The third kappa shape index (κ3) is 3.20. The van der Waals surface area contributed by atoms with Crippen molar-refractivity contribution in [3.8, 4) is 0 Å². The molecule has 0 atom stereocenters. The quantitative estimate of drug-likeness (QED) is 0.760. The number of rotatable bonds is 4. The van der Waals surface area contributed by atoms with Crippen molar-refractivity contribution < 1.29 is 4.79 Å². The molecule has 1 heterocycles. The van der Waals surface area contributed by atoms with Crippen LogP contribution in [0.25, 0.3) is 0 Å². The van der Waals surface area contributed by atoms with E-state index in [0.29, 0.717) is 11.9 Å². The molecule has 8 heteroatoms. The first kappa shape index (κ1) is 12.4. The van der Waals surface area contributed by atoms with E-state index >= 15 is 0 Å². The van der Waals surface area contributed by atoms with E-state index in [1.54, 1.807) is 26.0 Å². The number of amides is 1. The van der Waals surface area contributed by atoms with Crippen molar-refractivity contribution in [1.29, 1.82) is 0 Å². The Balaban J connectivity index is 2.86. The predicted molar refractivity (Wildman–Crippen MR) is 61.7 cm³/mol. The van der Waals surface area contributed by atoms with Crippen molar-refractivity contribution in [1.82, 2.24) is 20.3 Å². The van der Waals surface area contributed by atoms with E-state index in [9.17, 15) is 4.79 Å².